The van der Waals surface area contributed by atoms with Gasteiger partial charge < -0.3 is 5.32 Å². The summed E-state index contributed by atoms with van der Waals surface area (Å²) in [6.07, 6.45) is 3.21. The minimum atomic E-state index is -0.275. The fourth-order valence-electron chi connectivity index (χ4n) is 2.69. The molecule has 0 amide bonds. The highest BCUT2D eigenvalue weighted by atomic mass is 16.2. The van der Waals surface area contributed by atoms with Gasteiger partial charge in [0.1, 0.15) is 5.65 Å². The Morgan fingerprint density at radius 2 is 2.05 bits per heavy atom. The number of hydrogen-bond acceptors (Lipinski definition) is 4. The molecule has 6 nitrogen and oxygen atoms in total. The van der Waals surface area contributed by atoms with Crippen LogP contribution in [0.2, 0.25) is 0 Å². The Morgan fingerprint density at radius 1 is 1.32 bits per heavy atom. The summed E-state index contributed by atoms with van der Waals surface area (Å²) in [5.74, 6) is 0. The van der Waals surface area contributed by atoms with Crippen LogP contribution in [0.15, 0.2) is 27.9 Å². The van der Waals surface area contributed by atoms with Gasteiger partial charge in [-0.1, -0.05) is 0 Å². The molecule has 0 unspecified atom stereocenters. The van der Waals surface area contributed by atoms with E-state index in [2.05, 4.69) is 10.3 Å². The van der Waals surface area contributed by atoms with Crippen LogP contribution >= 0.6 is 0 Å². The average Bonchev–Trinajstić information content (AvgIpc) is 2.46. The van der Waals surface area contributed by atoms with Crippen molar-refractivity contribution >= 4 is 11.0 Å². The lowest BCUT2D eigenvalue weighted by Crippen LogP contribution is -2.44. The molecule has 0 spiro atoms. The van der Waals surface area contributed by atoms with Crippen LogP contribution in [0.25, 0.3) is 11.0 Å². The topological polar surface area (TPSA) is 68.9 Å². The van der Waals surface area contributed by atoms with E-state index in [4.69, 9.17) is 0 Å². The quantitative estimate of drug-likeness (QED) is 0.785. The first-order valence-electron chi connectivity index (χ1n) is 6.47. The number of aromatic nitrogens is 3. The largest absolute Gasteiger partial charge is 0.332 e. The zero-order valence-electron chi connectivity index (χ0n) is 10.8. The second-order valence-electron chi connectivity index (χ2n) is 4.87. The molecule has 0 radical (unpaired) electrons. The van der Waals surface area contributed by atoms with E-state index < -0.39 is 0 Å². The highest BCUT2D eigenvalue weighted by Gasteiger charge is 2.21. The molecule has 1 fully saturated rings. The van der Waals surface area contributed by atoms with E-state index in [0.29, 0.717) is 11.0 Å². The molecule has 6 heteroatoms. The third-order valence-corrected chi connectivity index (χ3v) is 3.72. The fraction of sp³-hybridized carbons (Fsp3) is 0.462. The molecule has 2 aromatic rings. The molecule has 2 aromatic heterocycles. The van der Waals surface area contributed by atoms with E-state index in [1.807, 2.05) is 0 Å². The van der Waals surface area contributed by atoms with Crippen LogP contribution in [0.5, 0.6) is 0 Å². The van der Waals surface area contributed by atoms with E-state index in [-0.39, 0.29) is 17.3 Å². The summed E-state index contributed by atoms with van der Waals surface area (Å²) in [5, 5.41) is 3.74. The second kappa shape index (κ2) is 4.62. The summed E-state index contributed by atoms with van der Waals surface area (Å²) >= 11 is 0. The van der Waals surface area contributed by atoms with E-state index in [0.717, 1.165) is 25.9 Å². The SMILES string of the molecule is Cn1c(=O)n(C2CCNCC2)c(=O)c2cccnc21. The normalized spacial score (nSPS) is 16.9. The molecular formula is C13H16N4O2. The first-order valence-corrected chi connectivity index (χ1v) is 6.47. The molecule has 1 aliphatic heterocycles. The van der Waals surface area contributed by atoms with Gasteiger partial charge in [0.05, 0.1) is 5.39 Å². The number of nitrogens with one attached hydrogen (secondary N) is 1. The summed E-state index contributed by atoms with van der Waals surface area (Å²) in [6, 6.07) is 3.43. The fourth-order valence-corrected chi connectivity index (χ4v) is 2.69. The van der Waals surface area contributed by atoms with Gasteiger partial charge in [0.2, 0.25) is 0 Å². The number of rotatable bonds is 1. The van der Waals surface area contributed by atoms with Crippen LogP contribution in [-0.4, -0.2) is 27.2 Å². The average molecular weight is 260 g/mol. The van der Waals surface area contributed by atoms with Crippen LogP contribution in [0.4, 0.5) is 0 Å². The third-order valence-electron chi connectivity index (χ3n) is 3.72. The van der Waals surface area contributed by atoms with Gasteiger partial charge in [-0.05, 0) is 38.1 Å². The van der Waals surface area contributed by atoms with Crippen LogP contribution < -0.4 is 16.6 Å². The molecule has 100 valence electrons. The minimum absolute atomic E-state index is 0.0166. The zero-order valence-corrected chi connectivity index (χ0v) is 10.8. The van der Waals surface area contributed by atoms with Gasteiger partial charge in [0.15, 0.2) is 0 Å². The Labute approximate surface area is 109 Å². The number of pyridine rings is 1. The second-order valence-corrected chi connectivity index (χ2v) is 4.87. The molecule has 1 N–H and O–H groups in total. The molecule has 1 saturated heterocycles. The maximum Gasteiger partial charge on any atom is 0.332 e. The number of piperidine rings is 1. The lowest BCUT2D eigenvalue weighted by Gasteiger charge is -2.24. The zero-order chi connectivity index (χ0) is 13.4. The summed E-state index contributed by atoms with van der Waals surface area (Å²) in [7, 11) is 1.66. The van der Waals surface area contributed by atoms with Gasteiger partial charge >= 0.3 is 5.69 Å². The Hall–Kier alpha value is -1.95. The monoisotopic (exact) mass is 260 g/mol. The van der Waals surface area contributed by atoms with Gasteiger partial charge in [-0.2, -0.15) is 0 Å². The molecule has 3 rings (SSSR count). The van der Waals surface area contributed by atoms with Crippen molar-refractivity contribution in [3.8, 4) is 0 Å². The van der Waals surface area contributed by atoms with Crippen LogP contribution in [0.1, 0.15) is 18.9 Å². The molecule has 0 aromatic carbocycles. The van der Waals surface area contributed by atoms with Crippen molar-refractivity contribution in [3.05, 3.63) is 39.2 Å². The first-order chi connectivity index (χ1) is 9.20. The van der Waals surface area contributed by atoms with Crippen molar-refractivity contribution in [3.63, 3.8) is 0 Å². The van der Waals surface area contributed by atoms with Crippen molar-refractivity contribution in [1.29, 1.82) is 0 Å². The van der Waals surface area contributed by atoms with Crippen molar-refractivity contribution in [2.75, 3.05) is 13.1 Å². The van der Waals surface area contributed by atoms with E-state index in [1.54, 1.807) is 25.4 Å². The predicted octanol–water partition coefficient (Wildman–Crippen LogP) is 0.0197. The molecule has 3 heterocycles. The molecule has 0 saturated carbocycles. The standard InChI is InChI=1S/C13H16N4O2/c1-16-11-10(3-2-6-15-11)12(18)17(13(16)19)9-4-7-14-8-5-9/h2-3,6,9,14H,4-5,7-8H2,1H3. The lowest BCUT2D eigenvalue weighted by molar-refractivity contribution is 0.347. The summed E-state index contributed by atoms with van der Waals surface area (Å²) in [6.45, 7) is 1.68. The number of fused-ring (bicyclic) bond motifs is 1. The van der Waals surface area contributed by atoms with Crippen LogP contribution in [-0.2, 0) is 7.05 Å². The summed E-state index contributed by atoms with van der Waals surface area (Å²) < 4.78 is 2.85. The highest BCUT2D eigenvalue weighted by Crippen LogP contribution is 2.15. The first kappa shape index (κ1) is 12.1. The Kier molecular flexibility index (Phi) is 2.94. The van der Waals surface area contributed by atoms with Gasteiger partial charge in [0.25, 0.3) is 5.56 Å². The van der Waals surface area contributed by atoms with Crippen molar-refractivity contribution in [1.82, 2.24) is 19.4 Å². The van der Waals surface area contributed by atoms with Gasteiger partial charge in [-0.25, -0.2) is 9.78 Å². The minimum Gasteiger partial charge on any atom is -0.317 e. The Bertz CT molecular complexity index is 725. The highest BCUT2D eigenvalue weighted by molar-refractivity contribution is 5.73. The molecule has 0 aliphatic carbocycles. The lowest BCUT2D eigenvalue weighted by atomic mass is 10.1. The maximum atomic E-state index is 12.5. The van der Waals surface area contributed by atoms with Crippen molar-refractivity contribution in [2.24, 2.45) is 7.05 Å². The molecule has 19 heavy (non-hydrogen) atoms. The van der Waals surface area contributed by atoms with E-state index in [1.165, 1.54) is 9.13 Å². The smallest absolute Gasteiger partial charge is 0.317 e. The van der Waals surface area contributed by atoms with Crippen LogP contribution in [0.3, 0.4) is 0 Å². The molecular weight excluding hydrogens is 244 g/mol. The third kappa shape index (κ3) is 1.88. The van der Waals surface area contributed by atoms with Crippen molar-refractivity contribution in [2.45, 2.75) is 18.9 Å². The van der Waals surface area contributed by atoms with Crippen LogP contribution in [0, 0.1) is 0 Å². The van der Waals surface area contributed by atoms with E-state index in [9.17, 15) is 9.59 Å². The Balaban J connectivity index is 2.30. The Morgan fingerprint density at radius 3 is 2.79 bits per heavy atom. The van der Waals surface area contributed by atoms with Gasteiger partial charge in [-0.3, -0.25) is 13.9 Å². The molecule has 0 bridgehead atoms. The predicted molar refractivity (Wildman–Crippen MR) is 72.4 cm³/mol. The summed E-state index contributed by atoms with van der Waals surface area (Å²) in [4.78, 5) is 29.0. The number of nitrogens with zero attached hydrogens (tertiary/aromatic N) is 3. The van der Waals surface area contributed by atoms with Crippen molar-refractivity contribution < 1.29 is 0 Å². The van der Waals surface area contributed by atoms with Gasteiger partial charge in [0, 0.05) is 19.3 Å². The number of hydrogen-bond donors (Lipinski definition) is 1. The van der Waals surface area contributed by atoms with E-state index >= 15 is 0 Å². The number of aryl methyl sites for hydroxylation is 1. The maximum absolute atomic E-state index is 12.5. The van der Waals surface area contributed by atoms with Gasteiger partial charge in [-0.15, -0.1) is 0 Å². The molecule has 1 aliphatic rings. The summed E-state index contributed by atoms with van der Waals surface area (Å²) in [5.41, 5.74) is -0.0520. The molecule has 0 atom stereocenters.